The van der Waals surface area contributed by atoms with Crippen molar-refractivity contribution in [3.05, 3.63) is 30.3 Å². The fourth-order valence-corrected chi connectivity index (χ4v) is 12.4. The summed E-state index contributed by atoms with van der Waals surface area (Å²) >= 11 is 0.552. The van der Waals surface area contributed by atoms with Gasteiger partial charge >= 0.3 is 168 Å². The van der Waals surface area contributed by atoms with Gasteiger partial charge in [0.15, 0.2) is 0 Å². The minimum absolute atomic E-state index is 0.213. The standard InChI is InChI=1S/C23H36OSeSi/c1-16(2)17-14-20(26(4,5)6)22(3)13-12-19(21-23(22,15-17)24-21)25-18-10-8-7-9-11-18/h7-11,16-17,19-21H,12-15H2,1-6H3/t17-,19-,20-,21+,22+,23+/m1/s1. The van der Waals surface area contributed by atoms with Gasteiger partial charge < -0.3 is 0 Å². The van der Waals surface area contributed by atoms with Gasteiger partial charge in [-0.1, -0.05) is 0 Å². The Kier molecular flexibility index (Phi) is 4.79. The van der Waals surface area contributed by atoms with Crippen LogP contribution in [-0.2, 0) is 4.74 Å². The van der Waals surface area contributed by atoms with Gasteiger partial charge in [0.25, 0.3) is 0 Å². The Bertz CT molecular complexity index is 654. The summed E-state index contributed by atoms with van der Waals surface area (Å²) in [5.74, 6) is 1.64. The summed E-state index contributed by atoms with van der Waals surface area (Å²) < 4.78 is 8.35. The monoisotopic (exact) mass is 436 g/mol. The van der Waals surface area contributed by atoms with Gasteiger partial charge in [-0.05, 0) is 0 Å². The number of rotatable bonds is 4. The zero-order chi connectivity index (χ0) is 18.7. The van der Waals surface area contributed by atoms with Gasteiger partial charge in [-0.15, -0.1) is 0 Å². The molecule has 3 heteroatoms. The summed E-state index contributed by atoms with van der Waals surface area (Å²) in [5.41, 5.74) is 1.55. The van der Waals surface area contributed by atoms with Crippen LogP contribution < -0.4 is 4.46 Å². The number of epoxide rings is 1. The van der Waals surface area contributed by atoms with Crippen molar-refractivity contribution in [2.24, 2.45) is 17.3 Å². The van der Waals surface area contributed by atoms with Crippen molar-refractivity contribution in [2.75, 3.05) is 0 Å². The normalized spacial score (nSPS) is 42.3. The summed E-state index contributed by atoms with van der Waals surface area (Å²) in [6, 6.07) is 11.2. The zero-order valence-corrected chi connectivity index (χ0v) is 20.1. The molecule has 0 amide bonds. The van der Waals surface area contributed by atoms with Crippen LogP contribution in [0.1, 0.15) is 46.5 Å². The van der Waals surface area contributed by atoms with Crippen LogP contribution in [0, 0.1) is 17.3 Å². The molecule has 26 heavy (non-hydrogen) atoms. The van der Waals surface area contributed by atoms with Crippen molar-refractivity contribution >= 4 is 27.5 Å². The zero-order valence-electron chi connectivity index (χ0n) is 17.4. The van der Waals surface area contributed by atoms with E-state index in [4.69, 9.17) is 4.74 Å². The van der Waals surface area contributed by atoms with E-state index in [0.29, 0.717) is 26.5 Å². The van der Waals surface area contributed by atoms with Gasteiger partial charge in [0.05, 0.1) is 0 Å². The topological polar surface area (TPSA) is 12.5 Å². The maximum atomic E-state index is 6.80. The molecular formula is C23H36OSeSi. The van der Waals surface area contributed by atoms with Gasteiger partial charge in [-0.2, -0.15) is 0 Å². The number of ether oxygens (including phenoxy) is 1. The van der Waals surface area contributed by atoms with Crippen LogP contribution >= 0.6 is 0 Å². The Morgan fingerprint density at radius 3 is 2.46 bits per heavy atom. The van der Waals surface area contributed by atoms with E-state index in [9.17, 15) is 0 Å². The van der Waals surface area contributed by atoms with Crippen molar-refractivity contribution in [2.45, 2.75) is 88.2 Å². The van der Waals surface area contributed by atoms with E-state index in [1.165, 1.54) is 25.7 Å². The number of hydrogen-bond acceptors (Lipinski definition) is 1. The van der Waals surface area contributed by atoms with Crippen molar-refractivity contribution < 1.29 is 4.74 Å². The number of hydrogen-bond donors (Lipinski definition) is 0. The van der Waals surface area contributed by atoms with E-state index in [1.54, 1.807) is 4.46 Å². The first-order valence-electron chi connectivity index (χ1n) is 10.6. The molecule has 2 saturated carbocycles. The molecule has 1 spiro atoms. The quantitative estimate of drug-likeness (QED) is 0.448. The first-order valence-corrected chi connectivity index (χ1v) is 16.0. The van der Waals surface area contributed by atoms with Crippen molar-refractivity contribution in [3.63, 3.8) is 0 Å². The average Bonchev–Trinajstić information content (AvgIpc) is 3.30. The third kappa shape index (κ3) is 2.98. The van der Waals surface area contributed by atoms with Crippen LogP contribution in [0.2, 0.25) is 30.0 Å². The van der Waals surface area contributed by atoms with Crippen LogP contribution in [-0.4, -0.2) is 34.7 Å². The molecule has 1 nitrogen and oxygen atoms in total. The van der Waals surface area contributed by atoms with Crippen LogP contribution in [0.4, 0.5) is 0 Å². The molecule has 6 atom stereocenters. The molecule has 2 aliphatic carbocycles. The van der Waals surface area contributed by atoms with Gasteiger partial charge in [0.2, 0.25) is 0 Å². The molecule has 0 unspecified atom stereocenters. The second-order valence-electron chi connectivity index (χ2n) is 10.7. The summed E-state index contributed by atoms with van der Waals surface area (Å²) in [6.45, 7) is 15.3. The van der Waals surface area contributed by atoms with Crippen molar-refractivity contribution in [1.82, 2.24) is 0 Å². The molecule has 3 aliphatic rings. The fraction of sp³-hybridized carbons (Fsp3) is 0.739. The molecule has 1 aliphatic heterocycles. The molecule has 0 bridgehead atoms. The molecule has 0 N–H and O–H groups in total. The van der Waals surface area contributed by atoms with E-state index in [-0.39, 0.29) is 5.60 Å². The van der Waals surface area contributed by atoms with Gasteiger partial charge in [0.1, 0.15) is 0 Å². The minimum atomic E-state index is -1.22. The SMILES string of the molecule is CC(C)[C@@H]1C[C@@H]([Si](C)(C)C)[C@]2(C)CC[C@@H]([Se]c3ccccc3)[C@@H]3O[C@@]32C1. The molecular weight excluding hydrogens is 399 g/mol. The molecule has 1 aromatic rings. The van der Waals surface area contributed by atoms with E-state index in [2.05, 4.69) is 70.7 Å². The van der Waals surface area contributed by atoms with Gasteiger partial charge in [0, 0.05) is 0 Å². The second-order valence-corrected chi connectivity index (χ2v) is 18.9. The third-order valence-electron chi connectivity index (χ3n) is 7.88. The van der Waals surface area contributed by atoms with Crippen molar-refractivity contribution in [1.29, 1.82) is 0 Å². The molecule has 0 aromatic heterocycles. The Hall–Kier alpha value is -0.0836. The third-order valence-corrected chi connectivity index (χ3v) is 13.6. The molecule has 3 fully saturated rings. The molecule has 0 radical (unpaired) electrons. The average molecular weight is 436 g/mol. The molecule has 1 heterocycles. The molecule has 1 saturated heterocycles. The first-order chi connectivity index (χ1) is 12.2. The summed E-state index contributed by atoms with van der Waals surface area (Å²) in [7, 11) is -1.22. The van der Waals surface area contributed by atoms with Crippen molar-refractivity contribution in [3.8, 4) is 0 Å². The summed E-state index contributed by atoms with van der Waals surface area (Å²) in [6.07, 6.45) is 6.10. The fourth-order valence-electron chi connectivity index (χ4n) is 6.35. The van der Waals surface area contributed by atoms with E-state index < -0.39 is 8.07 Å². The molecule has 144 valence electrons. The van der Waals surface area contributed by atoms with Crippen LogP contribution in [0.25, 0.3) is 0 Å². The van der Waals surface area contributed by atoms with Crippen LogP contribution in [0.15, 0.2) is 30.3 Å². The Morgan fingerprint density at radius 2 is 1.85 bits per heavy atom. The van der Waals surface area contributed by atoms with E-state index >= 15 is 0 Å². The predicted octanol–water partition coefficient (Wildman–Crippen LogP) is 5.52. The first kappa shape index (κ1) is 19.2. The summed E-state index contributed by atoms with van der Waals surface area (Å²) in [5, 5.41) is 0. The molecule has 1 aromatic carbocycles. The summed E-state index contributed by atoms with van der Waals surface area (Å²) in [4.78, 5) is 0.783. The Morgan fingerprint density at radius 1 is 1.15 bits per heavy atom. The Balaban J connectivity index is 1.62. The predicted molar refractivity (Wildman–Crippen MR) is 115 cm³/mol. The maximum absolute atomic E-state index is 6.80. The molecule has 4 rings (SSSR count). The van der Waals surface area contributed by atoms with Gasteiger partial charge in [-0.25, -0.2) is 0 Å². The van der Waals surface area contributed by atoms with Gasteiger partial charge in [-0.3, -0.25) is 0 Å². The number of benzene rings is 1. The Labute approximate surface area is 167 Å². The van der Waals surface area contributed by atoms with Crippen LogP contribution in [0.5, 0.6) is 0 Å². The second kappa shape index (κ2) is 6.47. The van der Waals surface area contributed by atoms with E-state index in [1.807, 2.05) is 0 Å². The van der Waals surface area contributed by atoms with E-state index in [0.717, 1.165) is 22.2 Å². The van der Waals surface area contributed by atoms with Crippen LogP contribution in [0.3, 0.4) is 0 Å².